The molecule has 0 aliphatic heterocycles. The molecule has 0 aliphatic carbocycles. The second-order valence-corrected chi connectivity index (χ2v) is 15.2. The van der Waals surface area contributed by atoms with Crippen LogP contribution in [0.25, 0.3) is 0 Å². The minimum absolute atomic E-state index is 0.0507. The van der Waals surface area contributed by atoms with Crippen LogP contribution in [0.1, 0.15) is 116 Å². The van der Waals surface area contributed by atoms with Gasteiger partial charge in [0.2, 0.25) is 5.78 Å². The summed E-state index contributed by atoms with van der Waals surface area (Å²) in [6.07, 6.45) is 0.0539. The molecule has 0 atom stereocenters. The molecule has 12 nitrogen and oxygen atoms in total. The predicted octanol–water partition coefficient (Wildman–Crippen LogP) is 5.50. The van der Waals surface area contributed by atoms with E-state index in [-0.39, 0.29) is 37.4 Å². The van der Waals surface area contributed by atoms with E-state index in [9.17, 15) is 24.0 Å². The lowest BCUT2D eigenvalue weighted by molar-refractivity contribution is -0.176. The van der Waals surface area contributed by atoms with Gasteiger partial charge in [-0.1, -0.05) is 20.8 Å². The summed E-state index contributed by atoms with van der Waals surface area (Å²) in [6, 6.07) is 0. The summed E-state index contributed by atoms with van der Waals surface area (Å²) in [4.78, 5) is 61.4. The molecule has 0 aromatic carbocycles. The summed E-state index contributed by atoms with van der Waals surface area (Å²) in [5, 5.41) is 0. The minimum Gasteiger partial charge on any atom is -0.460 e. The van der Waals surface area contributed by atoms with Crippen molar-refractivity contribution < 1.29 is 57.1 Å². The van der Waals surface area contributed by atoms with Crippen LogP contribution in [0.4, 0.5) is 4.79 Å². The van der Waals surface area contributed by atoms with Gasteiger partial charge in [-0.3, -0.25) is 9.59 Å². The SMILES string of the molecule is CC(C)(C)CC(=O)OC(C)(C)CCOC(C)(C)C(=O)OCC(=O)COC(=O)C(C)(C)OCCC(C)(C)OC(=O)OC(C)(C)C. The molecular weight excluding hydrogens is 576 g/mol. The molecule has 0 unspecified atom stereocenters. The first kappa shape index (κ1) is 41.3. The third kappa shape index (κ3) is 18.8. The monoisotopic (exact) mass is 632 g/mol. The maximum Gasteiger partial charge on any atom is 0.509 e. The molecule has 0 fully saturated rings. The van der Waals surface area contributed by atoms with Crippen LogP contribution in [0.2, 0.25) is 0 Å². The van der Waals surface area contributed by atoms with Crippen molar-refractivity contribution in [2.24, 2.45) is 5.41 Å². The Bertz CT molecular complexity index is 916. The summed E-state index contributed by atoms with van der Waals surface area (Å²) >= 11 is 0. The summed E-state index contributed by atoms with van der Waals surface area (Å²) in [5.41, 5.74) is -5.40. The van der Waals surface area contributed by atoms with Crippen molar-refractivity contribution in [2.75, 3.05) is 26.4 Å². The first-order chi connectivity index (χ1) is 19.6. The van der Waals surface area contributed by atoms with Gasteiger partial charge in [0.15, 0.2) is 24.4 Å². The molecule has 256 valence electrons. The van der Waals surface area contributed by atoms with Crippen LogP contribution in [0.15, 0.2) is 0 Å². The topological polar surface area (TPSA) is 150 Å². The highest BCUT2D eigenvalue weighted by molar-refractivity contribution is 5.87. The van der Waals surface area contributed by atoms with E-state index >= 15 is 0 Å². The number of hydrogen-bond donors (Lipinski definition) is 0. The zero-order valence-electron chi connectivity index (χ0n) is 29.3. The molecule has 0 saturated carbocycles. The zero-order chi connectivity index (χ0) is 34.8. The van der Waals surface area contributed by atoms with E-state index in [1.54, 1.807) is 48.5 Å². The Balaban J connectivity index is 4.59. The average Bonchev–Trinajstić information content (AvgIpc) is 2.76. The Kier molecular flexibility index (Phi) is 15.0. The number of hydrogen-bond acceptors (Lipinski definition) is 12. The molecule has 44 heavy (non-hydrogen) atoms. The molecule has 0 saturated heterocycles. The number of Topliss-reactive ketones (excluding diaryl/α,β-unsaturated/α-hetero) is 1. The van der Waals surface area contributed by atoms with Crippen LogP contribution in [0.5, 0.6) is 0 Å². The van der Waals surface area contributed by atoms with Crippen molar-refractivity contribution in [3.05, 3.63) is 0 Å². The smallest absolute Gasteiger partial charge is 0.460 e. The van der Waals surface area contributed by atoms with Crippen molar-refractivity contribution >= 4 is 29.8 Å². The maximum atomic E-state index is 12.5. The molecule has 0 amide bonds. The third-order valence-corrected chi connectivity index (χ3v) is 5.86. The minimum atomic E-state index is -1.40. The summed E-state index contributed by atoms with van der Waals surface area (Å²) in [6.45, 7) is 22.8. The largest absolute Gasteiger partial charge is 0.509 e. The van der Waals surface area contributed by atoms with Crippen molar-refractivity contribution in [1.82, 2.24) is 0 Å². The highest BCUT2D eigenvalue weighted by Crippen LogP contribution is 2.24. The predicted molar refractivity (Wildman–Crippen MR) is 162 cm³/mol. The number of carbonyl (C=O) groups is 5. The van der Waals surface area contributed by atoms with Gasteiger partial charge < -0.3 is 33.2 Å². The van der Waals surface area contributed by atoms with E-state index in [1.165, 1.54) is 27.7 Å². The highest BCUT2D eigenvalue weighted by atomic mass is 16.7. The molecular formula is C32H56O12. The molecule has 0 rings (SSSR count). The van der Waals surface area contributed by atoms with Crippen molar-refractivity contribution in [3.63, 3.8) is 0 Å². The molecule has 0 aromatic rings. The van der Waals surface area contributed by atoms with Crippen LogP contribution < -0.4 is 0 Å². The molecule has 0 aliphatic rings. The van der Waals surface area contributed by atoms with Gasteiger partial charge in [0, 0.05) is 12.8 Å². The molecule has 0 heterocycles. The molecule has 12 heteroatoms. The van der Waals surface area contributed by atoms with Gasteiger partial charge in [-0.15, -0.1) is 0 Å². The fourth-order valence-electron chi connectivity index (χ4n) is 3.28. The maximum absolute atomic E-state index is 12.5. The Morgan fingerprint density at radius 3 is 1.27 bits per heavy atom. The van der Waals surface area contributed by atoms with Crippen LogP contribution in [0.3, 0.4) is 0 Å². The zero-order valence-corrected chi connectivity index (χ0v) is 29.3. The van der Waals surface area contributed by atoms with E-state index in [2.05, 4.69) is 0 Å². The van der Waals surface area contributed by atoms with Gasteiger partial charge in [0.05, 0.1) is 19.6 Å². The fraction of sp³-hybridized carbons (Fsp3) is 0.844. The van der Waals surface area contributed by atoms with Crippen LogP contribution >= 0.6 is 0 Å². The van der Waals surface area contributed by atoms with Crippen LogP contribution in [-0.4, -0.2) is 84.3 Å². The molecule has 0 bridgehead atoms. The number of esters is 3. The number of carbonyl (C=O) groups excluding carboxylic acids is 5. The van der Waals surface area contributed by atoms with Gasteiger partial charge >= 0.3 is 24.1 Å². The Hall–Kier alpha value is -2.73. The lowest BCUT2D eigenvalue weighted by Crippen LogP contribution is -2.41. The summed E-state index contributed by atoms with van der Waals surface area (Å²) in [7, 11) is 0. The van der Waals surface area contributed by atoms with Gasteiger partial charge in [0.1, 0.15) is 16.8 Å². The Labute approximate surface area is 263 Å². The first-order valence-corrected chi connectivity index (χ1v) is 14.8. The van der Waals surface area contributed by atoms with Gasteiger partial charge in [-0.05, 0) is 81.6 Å². The molecule has 0 N–H and O–H groups in total. The lowest BCUT2D eigenvalue weighted by Gasteiger charge is -2.29. The van der Waals surface area contributed by atoms with E-state index in [4.69, 9.17) is 33.2 Å². The number of ketones is 1. The quantitative estimate of drug-likeness (QED) is 0.147. The first-order valence-electron chi connectivity index (χ1n) is 14.8. The average molecular weight is 633 g/mol. The Morgan fingerprint density at radius 2 is 0.909 bits per heavy atom. The summed E-state index contributed by atoms with van der Waals surface area (Å²) in [5.74, 6) is -2.53. The standard InChI is InChI=1S/C32H56O12/c1-27(2,3)19-23(34)42-29(7,8)15-17-40-31(11,12)24(35)38-20-22(33)21-39-25(36)32(13,14)41-18-16-30(9,10)44-26(37)43-28(4,5)6/h15-21H2,1-14H3. The lowest BCUT2D eigenvalue weighted by atomic mass is 9.92. The Morgan fingerprint density at radius 1 is 0.523 bits per heavy atom. The number of ether oxygens (including phenoxy) is 7. The highest BCUT2D eigenvalue weighted by Gasteiger charge is 2.35. The second kappa shape index (κ2) is 16.0. The molecule has 0 radical (unpaired) electrons. The van der Waals surface area contributed by atoms with Gasteiger partial charge in [0.25, 0.3) is 0 Å². The van der Waals surface area contributed by atoms with E-state index < -0.39 is 65.1 Å². The van der Waals surface area contributed by atoms with Crippen molar-refractivity contribution in [2.45, 2.75) is 144 Å². The van der Waals surface area contributed by atoms with Crippen molar-refractivity contribution in [3.8, 4) is 0 Å². The molecule has 0 spiro atoms. The summed E-state index contributed by atoms with van der Waals surface area (Å²) < 4.78 is 37.5. The van der Waals surface area contributed by atoms with E-state index in [0.29, 0.717) is 6.42 Å². The van der Waals surface area contributed by atoms with Crippen molar-refractivity contribution in [1.29, 1.82) is 0 Å². The van der Waals surface area contributed by atoms with Gasteiger partial charge in [-0.25, -0.2) is 14.4 Å². The molecule has 0 aromatic heterocycles. The van der Waals surface area contributed by atoms with E-state index in [1.807, 2.05) is 20.8 Å². The normalized spacial score (nSPS) is 13.1. The van der Waals surface area contributed by atoms with Gasteiger partial charge in [-0.2, -0.15) is 0 Å². The second-order valence-electron chi connectivity index (χ2n) is 15.2. The van der Waals surface area contributed by atoms with E-state index in [0.717, 1.165) is 0 Å². The fourth-order valence-corrected chi connectivity index (χ4v) is 3.28. The van der Waals surface area contributed by atoms with Crippen LogP contribution in [0, 0.1) is 5.41 Å². The number of rotatable bonds is 17. The third-order valence-electron chi connectivity index (χ3n) is 5.86. The van der Waals surface area contributed by atoms with Crippen LogP contribution in [-0.2, 0) is 52.3 Å².